The van der Waals surface area contributed by atoms with E-state index in [-0.39, 0.29) is 0 Å². The molecule has 0 spiro atoms. The summed E-state index contributed by atoms with van der Waals surface area (Å²) >= 11 is 0. The first kappa shape index (κ1) is 23.7. The molecule has 36 heavy (non-hydrogen) atoms. The highest BCUT2D eigenvalue weighted by molar-refractivity contribution is 6.23. The number of hydrogen-bond acceptors (Lipinski definition) is 6. The number of alkyl halides is 3. The molecule has 0 aromatic heterocycles. The van der Waals surface area contributed by atoms with Crippen LogP contribution in [0.1, 0.15) is 18.5 Å². The molecule has 5 rings (SSSR count). The molecule has 0 N–H and O–H groups in total. The number of fused-ring (bicyclic) bond motifs is 1. The van der Waals surface area contributed by atoms with E-state index in [9.17, 15) is 22.8 Å². The SMILES string of the molecule is CCOc1ccc(N2C(=O)C3ON(c4ccccc4)C(c4ccc(OC(F)(F)F)cc4)C3C2=O)cc1. The lowest BCUT2D eigenvalue weighted by molar-refractivity contribution is -0.274. The number of para-hydroxylation sites is 1. The Balaban J connectivity index is 1.50. The molecule has 2 fully saturated rings. The first-order chi connectivity index (χ1) is 17.3. The van der Waals surface area contributed by atoms with Crippen molar-refractivity contribution >= 4 is 23.2 Å². The molecule has 2 heterocycles. The Kier molecular flexibility index (Phi) is 6.05. The summed E-state index contributed by atoms with van der Waals surface area (Å²) in [6.07, 6.45) is -5.93. The summed E-state index contributed by atoms with van der Waals surface area (Å²) in [5, 5.41) is 1.47. The van der Waals surface area contributed by atoms with Crippen LogP contribution in [0.2, 0.25) is 0 Å². The Labute approximate surface area is 204 Å². The van der Waals surface area contributed by atoms with Gasteiger partial charge in [0.1, 0.15) is 17.4 Å². The summed E-state index contributed by atoms with van der Waals surface area (Å²) in [5.41, 5.74) is 1.47. The molecule has 0 aliphatic carbocycles. The number of rotatable bonds is 6. The number of hydrogen-bond donors (Lipinski definition) is 0. The van der Waals surface area contributed by atoms with Gasteiger partial charge in [-0.05, 0) is 61.0 Å². The predicted octanol–water partition coefficient (Wildman–Crippen LogP) is 5.04. The van der Waals surface area contributed by atoms with Gasteiger partial charge in [-0.3, -0.25) is 14.4 Å². The van der Waals surface area contributed by atoms with Crippen molar-refractivity contribution in [2.75, 3.05) is 16.6 Å². The van der Waals surface area contributed by atoms with Crippen molar-refractivity contribution in [3.63, 3.8) is 0 Å². The third kappa shape index (κ3) is 4.35. The molecule has 2 saturated heterocycles. The van der Waals surface area contributed by atoms with Crippen molar-refractivity contribution in [1.29, 1.82) is 0 Å². The topological polar surface area (TPSA) is 68.3 Å². The fourth-order valence-corrected chi connectivity index (χ4v) is 4.53. The fourth-order valence-electron chi connectivity index (χ4n) is 4.53. The van der Waals surface area contributed by atoms with Crippen LogP contribution < -0.4 is 19.4 Å². The second kappa shape index (κ2) is 9.19. The predicted molar refractivity (Wildman–Crippen MR) is 123 cm³/mol. The minimum atomic E-state index is -4.83. The number of carbonyl (C=O) groups is 2. The number of halogens is 3. The van der Waals surface area contributed by atoms with Crippen LogP contribution in [0.5, 0.6) is 11.5 Å². The summed E-state index contributed by atoms with van der Waals surface area (Å²) in [4.78, 5) is 34.1. The van der Waals surface area contributed by atoms with Crippen molar-refractivity contribution in [2.24, 2.45) is 5.92 Å². The first-order valence-electron chi connectivity index (χ1n) is 11.2. The maximum Gasteiger partial charge on any atom is 0.573 e. The van der Waals surface area contributed by atoms with Gasteiger partial charge in [0.05, 0.1) is 24.0 Å². The zero-order valence-electron chi connectivity index (χ0n) is 19.0. The van der Waals surface area contributed by atoms with Gasteiger partial charge in [-0.1, -0.05) is 30.3 Å². The summed E-state index contributed by atoms with van der Waals surface area (Å²) in [6.45, 7) is 2.32. The molecule has 3 aromatic rings. The zero-order chi connectivity index (χ0) is 25.4. The van der Waals surface area contributed by atoms with Crippen LogP contribution in [0, 0.1) is 5.92 Å². The van der Waals surface area contributed by atoms with Gasteiger partial charge < -0.3 is 9.47 Å². The Hall–Kier alpha value is -4.05. The van der Waals surface area contributed by atoms with Crippen LogP contribution in [0.4, 0.5) is 24.5 Å². The lowest BCUT2D eigenvalue weighted by Crippen LogP contribution is -2.37. The highest BCUT2D eigenvalue weighted by atomic mass is 19.4. The van der Waals surface area contributed by atoms with E-state index in [4.69, 9.17) is 9.57 Å². The quantitative estimate of drug-likeness (QED) is 0.444. The van der Waals surface area contributed by atoms with E-state index in [0.717, 1.165) is 4.90 Å². The van der Waals surface area contributed by atoms with Gasteiger partial charge in [-0.25, -0.2) is 9.96 Å². The number of carbonyl (C=O) groups excluding carboxylic acids is 2. The van der Waals surface area contributed by atoms with Gasteiger partial charge >= 0.3 is 6.36 Å². The minimum absolute atomic E-state index is 0.380. The molecule has 10 heteroatoms. The summed E-state index contributed by atoms with van der Waals surface area (Å²) in [6, 6.07) is 19.9. The second-order valence-electron chi connectivity index (χ2n) is 8.21. The molecular weight excluding hydrogens is 477 g/mol. The molecule has 2 aliphatic heterocycles. The monoisotopic (exact) mass is 498 g/mol. The van der Waals surface area contributed by atoms with Gasteiger partial charge in [0.2, 0.25) is 5.91 Å². The largest absolute Gasteiger partial charge is 0.573 e. The van der Waals surface area contributed by atoms with E-state index >= 15 is 0 Å². The molecule has 2 aliphatic rings. The first-order valence-corrected chi connectivity index (χ1v) is 11.2. The van der Waals surface area contributed by atoms with Crippen molar-refractivity contribution in [1.82, 2.24) is 0 Å². The van der Waals surface area contributed by atoms with E-state index in [0.29, 0.717) is 29.3 Å². The van der Waals surface area contributed by atoms with E-state index in [1.807, 2.05) is 13.0 Å². The number of ether oxygens (including phenoxy) is 2. The lowest BCUT2D eigenvalue weighted by atomic mass is 9.90. The van der Waals surface area contributed by atoms with Gasteiger partial charge in [0.15, 0.2) is 6.10 Å². The van der Waals surface area contributed by atoms with Crippen LogP contribution in [0.15, 0.2) is 78.9 Å². The smallest absolute Gasteiger partial charge is 0.494 e. The Morgan fingerprint density at radius 3 is 2.08 bits per heavy atom. The van der Waals surface area contributed by atoms with Gasteiger partial charge in [0, 0.05) is 0 Å². The van der Waals surface area contributed by atoms with Crippen LogP contribution >= 0.6 is 0 Å². The van der Waals surface area contributed by atoms with Crippen molar-refractivity contribution in [2.45, 2.75) is 25.4 Å². The summed E-state index contributed by atoms with van der Waals surface area (Å²) < 4.78 is 47.3. The Bertz CT molecular complexity index is 1250. The number of amides is 2. The normalized spacial score (nSPS) is 21.6. The molecule has 3 aromatic carbocycles. The number of hydroxylamine groups is 1. The fraction of sp³-hybridized carbons (Fsp3) is 0.231. The van der Waals surface area contributed by atoms with E-state index in [1.54, 1.807) is 48.5 Å². The Morgan fingerprint density at radius 1 is 0.833 bits per heavy atom. The van der Waals surface area contributed by atoms with Crippen LogP contribution in [-0.4, -0.2) is 30.9 Å². The molecule has 0 saturated carbocycles. The average molecular weight is 498 g/mol. The van der Waals surface area contributed by atoms with Crippen molar-refractivity contribution in [3.8, 4) is 11.5 Å². The van der Waals surface area contributed by atoms with Gasteiger partial charge in [-0.2, -0.15) is 0 Å². The van der Waals surface area contributed by atoms with E-state index < -0.39 is 42.0 Å². The van der Waals surface area contributed by atoms with Crippen LogP contribution in [0.25, 0.3) is 0 Å². The molecule has 3 atom stereocenters. The number of imide groups is 1. The van der Waals surface area contributed by atoms with Crippen LogP contribution in [-0.2, 0) is 14.4 Å². The second-order valence-corrected chi connectivity index (χ2v) is 8.21. The van der Waals surface area contributed by atoms with Crippen LogP contribution in [0.3, 0.4) is 0 Å². The third-order valence-corrected chi connectivity index (χ3v) is 5.99. The molecular formula is C26H21F3N2O5. The molecule has 7 nitrogen and oxygen atoms in total. The summed E-state index contributed by atoms with van der Waals surface area (Å²) in [5.74, 6) is -1.69. The molecule has 3 unspecified atom stereocenters. The molecule has 0 radical (unpaired) electrons. The third-order valence-electron chi connectivity index (χ3n) is 5.99. The average Bonchev–Trinajstić information content (AvgIpc) is 3.36. The number of nitrogens with zero attached hydrogens (tertiary/aromatic N) is 2. The maximum absolute atomic E-state index is 13.6. The minimum Gasteiger partial charge on any atom is -0.494 e. The van der Waals surface area contributed by atoms with Gasteiger partial charge in [-0.15, -0.1) is 13.2 Å². The number of benzene rings is 3. The lowest BCUT2D eigenvalue weighted by Gasteiger charge is -2.29. The number of anilines is 2. The van der Waals surface area contributed by atoms with Gasteiger partial charge in [0.25, 0.3) is 5.91 Å². The van der Waals surface area contributed by atoms with E-state index in [1.165, 1.54) is 29.3 Å². The van der Waals surface area contributed by atoms with E-state index in [2.05, 4.69) is 4.74 Å². The highest BCUT2D eigenvalue weighted by Gasteiger charge is 2.60. The highest BCUT2D eigenvalue weighted by Crippen LogP contribution is 2.48. The Morgan fingerprint density at radius 2 is 1.47 bits per heavy atom. The van der Waals surface area contributed by atoms with Crippen molar-refractivity contribution in [3.05, 3.63) is 84.4 Å². The standard InChI is InChI=1S/C26H21F3N2O5/c1-2-34-19-14-10-17(11-15-19)30-24(32)21-22(16-8-12-20(13-9-16)35-26(27,28)29)31(36-23(21)25(30)33)18-6-4-3-5-7-18/h3-15,21-23H,2H2,1H3. The van der Waals surface area contributed by atoms with Crippen molar-refractivity contribution < 1.29 is 37.1 Å². The maximum atomic E-state index is 13.6. The molecule has 0 bridgehead atoms. The zero-order valence-corrected chi connectivity index (χ0v) is 19.0. The molecule has 186 valence electrons. The molecule has 2 amide bonds. The summed E-state index contributed by atoms with van der Waals surface area (Å²) in [7, 11) is 0.